The fourth-order valence-electron chi connectivity index (χ4n) is 2.93. The van der Waals surface area contributed by atoms with Gasteiger partial charge in [0.1, 0.15) is 5.76 Å². The Hall–Kier alpha value is -3.36. The molecular formula is C19H24N6O3. The average Bonchev–Trinajstić information content (AvgIpc) is 3.28. The fraction of sp³-hybridized carbons (Fsp3) is 0.368. The van der Waals surface area contributed by atoms with Gasteiger partial charge in [-0.15, -0.1) is 5.10 Å². The highest BCUT2D eigenvalue weighted by Crippen LogP contribution is 2.23. The smallest absolute Gasteiger partial charge is 0.319 e. The van der Waals surface area contributed by atoms with Crippen LogP contribution in [0.15, 0.2) is 33.2 Å². The van der Waals surface area contributed by atoms with E-state index in [1.807, 2.05) is 47.0 Å². The normalized spacial score (nSPS) is 11.9. The van der Waals surface area contributed by atoms with Crippen molar-refractivity contribution in [1.82, 2.24) is 20.7 Å². The number of anilines is 2. The zero-order chi connectivity index (χ0) is 20.3. The number of hydrogen-bond acceptors (Lipinski definition) is 7. The fourth-order valence-corrected chi connectivity index (χ4v) is 2.93. The summed E-state index contributed by atoms with van der Waals surface area (Å²) in [4.78, 5) is 13.9. The van der Waals surface area contributed by atoms with Crippen LogP contribution in [0.1, 0.15) is 29.9 Å². The van der Waals surface area contributed by atoms with Gasteiger partial charge in [0, 0.05) is 43.4 Å². The minimum atomic E-state index is -0.279. The molecule has 2 N–H and O–H groups in total. The van der Waals surface area contributed by atoms with Crippen molar-refractivity contribution in [3.8, 4) is 11.5 Å². The van der Waals surface area contributed by atoms with E-state index in [9.17, 15) is 4.79 Å². The van der Waals surface area contributed by atoms with Crippen molar-refractivity contribution in [2.75, 3.05) is 30.9 Å². The third kappa shape index (κ3) is 4.30. The first kappa shape index (κ1) is 19.4. The summed E-state index contributed by atoms with van der Waals surface area (Å²) in [5.41, 5.74) is 3.32. The van der Waals surface area contributed by atoms with Crippen LogP contribution in [0.5, 0.6) is 0 Å². The van der Waals surface area contributed by atoms with Gasteiger partial charge in [0.15, 0.2) is 0 Å². The Morgan fingerprint density at radius 1 is 1.18 bits per heavy atom. The highest BCUT2D eigenvalue weighted by molar-refractivity contribution is 5.89. The molecule has 2 amide bonds. The van der Waals surface area contributed by atoms with Gasteiger partial charge in [0.25, 0.3) is 0 Å². The van der Waals surface area contributed by atoms with E-state index in [0.29, 0.717) is 24.1 Å². The van der Waals surface area contributed by atoms with Gasteiger partial charge in [0.05, 0.1) is 5.69 Å². The van der Waals surface area contributed by atoms with Gasteiger partial charge in [-0.1, -0.05) is 17.2 Å². The van der Waals surface area contributed by atoms with Crippen LogP contribution < -0.4 is 15.5 Å². The van der Waals surface area contributed by atoms with Crippen LogP contribution in [0.4, 0.5) is 16.5 Å². The molecule has 0 aliphatic rings. The van der Waals surface area contributed by atoms with E-state index in [4.69, 9.17) is 8.94 Å². The number of benzene rings is 1. The van der Waals surface area contributed by atoms with E-state index in [0.717, 1.165) is 22.6 Å². The first-order valence-corrected chi connectivity index (χ1v) is 8.94. The molecule has 0 saturated carbocycles. The molecule has 0 bridgehead atoms. The van der Waals surface area contributed by atoms with Gasteiger partial charge in [0.2, 0.25) is 5.89 Å². The molecule has 2 aromatic heterocycles. The minimum absolute atomic E-state index is 0.0998. The summed E-state index contributed by atoms with van der Waals surface area (Å²) in [6.07, 6.45) is 0. The van der Waals surface area contributed by atoms with Gasteiger partial charge < -0.3 is 24.5 Å². The summed E-state index contributed by atoms with van der Waals surface area (Å²) >= 11 is 0. The van der Waals surface area contributed by atoms with Gasteiger partial charge in [-0.3, -0.25) is 0 Å². The van der Waals surface area contributed by atoms with Crippen LogP contribution in [-0.4, -0.2) is 42.0 Å². The minimum Gasteiger partial charge on any atom is -0.403 e. The zero-order valence-corrected chi connectivity index (χ0v) is 16.6. The summed E-state index contributed by atoms with van der Waals surface area (Å²) < 4.78 is 10.7. The van der Waals surface area contributed by atoms with E-state index >= 15 is 0 Å². The number of carbonyl (C=O) groups excluding carboxylic acids is 1. The lowest BCUT2D eigenvalue weighted by Gasteiger charge is -2.13. The first-order chi connectivity index (χ1) is 13.3. The molecule has 2 heterocycles. The number of nitrogens with zero attached hydrogens (tertiary/aromatic N) is 4. The second-order valence-electron chi connectivity index (χ2n) is 6.84. The maximum absolute atomic E-state index is 12.2. The summed E-state index contributed by atoms with van der Waals surface area (Å²) in [5, 5.41) is 17.6. The Bertz CT molecular complexity index is 925. The second kappa shape index (κ2) is 8.12. The lowest BCUT2D eigenvalue weighted by atomic mass is 10.00. The van der Waals surface area contributed by atoms with Crippen molar-refractivity contribution in [3.63, 3.8) is 0 Å². The Morgan fingerprint density at radius 3 is 2.46 bits per heavy atom. The Morgan fingerprint density at radius 2 is 1.89 bits per heavy atom. The number of rotatable bonds is 6. The third-order valence-electron chi connectivity index (χ3n) is 4.34. The maximum Gasteiger partial charge on any atom is 0.319 e. The lowest BCUT2D eigenvalue weighted by Crippen LogP contribution is -2.31. The standard InChI is InChI=1S/C19H24N6O3/c1-11(16-12(2)24-28-13(16)3)10-20-18(26)21-15-8-6-14(7-9-15)17-22-23-19(27-17)25(4)5/h6-9,11H,10H2,1-5H3,(H2,20,21,26). The molecule has 1 aromatic carbocycles. The predicted molar refractivity (Wildman–Crippen MR) is 105 cm³/mol. The van der Waals surface area contributed by atoms with Crippen LogP contribution in [0.25, 0.3) is 11.5 Å². The summed E-state index contributed by atoms with van der Waals surface area (Å²) in [6.45, 7) is 6.27. The van der Waals surface area contributed by atoms with E-state index < -0.39 is 0 Å². The quantitative estimate of drug-likeness (QED) is 0.671. The summed E-state index contributed by atoms with van der Waals surface area (Å²) in [6, 6.07) is 7.35. The van der Waals surface area contributed by atoms with Crippen LogP contribution in [0, 0.1) is 13.8 Å². The number of aromatic nitrogens is 3. The molecule has 0 radical (unpaired) electrons. The average molecular weight is 384 g/mol. The number of nitrogens with one attached hydrogen (secondary N) is 2. The van der Waals surface area contributed by atoms with Crippen LogP contribution in [0.2, 0.25) is 0 Å². The van der Waals surface area contributed by atoms with Crippen molar-refractivity contribution >= 4 is 17.7 Å². The highest BCUT2D eigenvalue weighted by atomic mass is 16.5. The third-order valence-corrected chi connectivity index (χ3v) is 4.34. The summed E-state index contributed by atoms with van der Waals surface area (Å²) in [7, 11) is 3.66. The van der Waals surface area contributed by atoms with E-state index in [1.165, 1.54) is 0 Å². The van der Waals surface area contributed by atoms with Crippen LogP contribution >= 0.6 is 0 Å². The molecular weight excluding hydrogens is 360 g/mol. The monoisotopic (exact) mass is 384 g/mol. The van der Waals surface area contributed by atoms with Crippen molar-refractivity contribution in [2.45, 2.75) is 26.7 Å². The Balaban J connectivity index is 1.55. The molecule has 28 heavy (non-hydrogen) atoms. The van der Waals surface area contributed by atoms with Gasteiger partial charge in [-0.05, 0) is 38.1 Å². The molecule has 3 rings (SSSR count). The number of aryl methyl sites for hydroxylation is 2. The Kier molecular flexibility index (Phi) is 5.62. The first-order valence-electron chi connectivity index (χ1n) is 8.94. The zero-order valence-electron chi connectivity index (χ0n) is 16.6. The number of hydrogen-bond donors (Lipinski definition) is 2. The molecule has 0 aliphatic carbocycles. The molecule has 9 heteroatoms. The molecule has 0 spiro atoms. The van der Waals surface area contributed by atoms with Crippen molar-refractivity contribution < 1.29 is 13.7 Å². The number of urea groups is 1. The van der Waals surface area contributed by atoms with Crippen molar-refractivity contribution in [3.05, 3.63) is 41.3 Å². The molecule has 1 unspecified atom stereocenters. The van der Waals surface area contributed by atoms with E-state index in [1.54, 1.807) is 17.0 Å². The van der Waals surface area contributed by atoms with Crippen molar-refractivity contribution in [2.24, 2.45) is 0 Å². The van der Waals surface area contributed by atoms with Crippen LogP contribution in [0.3, 0.4) is 0 Å². The van der Waals surface area contributed by atoms with Gasteiger partial charge >= 0.3 is 12.0 Å². The molecule has 3 aromatic rings. The second-order valence-corrected chi connectivity index (χ2v) is 6.84. The van der Waals surface area contributed by atoms with E-state index in [-0.39, 0.29) is 11.9 Å². The van der Waals surface area contributed by atoms with Crippen LogP contribution in [-0.2, 0) is 0 Å². The molecule has 0 fully saturated rings. The molecule has 148 valence electrons. The van der Waals surface area contributed by atoms with E-state index in [2.05, 4.69) is 26.0 Å². The Labute approximate surface area is 163 Å². The number of amides is 2. The maximum atomic E-state index is 12.2. The lowest BCUT2D eigenvalue weighted by molar-refractivity contribution is 0.251. The molecule has 0 saturated heterocycles. The summed E-state index contributed by atoms with van der Waals surface area (Å²) in [5.74, 6) is 1.30. The predicted octanol–water partition coefficient (Wildman–Crippen LogP) is 3.33. The highest BCUT2D eigenvalue weighted by Gasteiger charge is 2.17. The largest absolute Gasteiger partial charge is 0.403 e. The number of carbonyl (C=O) groups is 1. The van der Waals surface area contributed by atoms with Gasteiger partial charge in [-0.2, -0.15) is 0 Å². The van der Waals surface area contributed by atoms with Gasteiger partial charge in [-0.25, -0.2) is 4.79 Å². The molecule has 1 atom stereocenters. The topological polar surface area (TPSA) is 109 Å². The SMILES string of the molecule is Cc1noc(C)c1C(C)CNC(=O)Nc1ccc(-c2nnc(N(C)C)o2)cc1. The van der Waals surface area contributed by atoms with Crippen molar-refractivity contribution in [1.29, 1.82) is 0 Å². The molecule has 9 nitrogen and oxygen atoms in total. The molecule has 0 aliphatic heterocycles.